The molecule has 2 rings (SSSR count). The Balaban J connectivity index is 1.81. The summed E-state index contributed by atoms with van der Waals surface area (Å²) in [6.45, 7) is 2.50. The third kappa shape index (κ3) is 3.72. The molecule has 0 aliphatic heterocycles. The second kappa shape index (κ2) is 6.21. The summed E-state index contributed by atoms with van der Waals surface area (Å²) < 4.78 is 0. The van der Waals surface area contributed by atoms with Crippen LogP contribution in [0.1, 0.15) is 44.1 Å². The summed E-state index contributed by atoms with van der Waals surface area (Å²) in [4.78, 5) is 0. The zero-order valence-corrected chi connectivity index (χ0v) is 11.0. The fourth-order valence-corrected chi connectivity index (χ4v) is 2.71. The fraction of sp³-hybridized carbons (Fsp3) is 0.600. The summed E-state index contributed by atoms with van der Waals surface area (Å²) in [5, 5.41) is 22.0. The van der Waals surface area contributed by atoms with E-state index in [4.69, 9.17) is 0 Å². The van der Waals surface area contributed by atoms with Crippen LogP contribution in [0.3, 0.4) is 0 Å². The molecule has 1 unspecified atom stereocenters. The molecule has 1 aromatic rings. The minimum atomic E-state index is -0.264. The standard InChI is InChI=1S/C15H23NO2/c1-11(17)10-16-14-6-2-12(3-7-14)13-4-8-15(18)9-5-13/h4-5,8-9,11-12,14,16-18H,2-3,6-7,10H2,1H3. The Hall–Kier alpha value is -1.06. The maximum atomic E-state index is 9.29. The highest BCUT2D eigenvalue weighted by molar-refractivity contribution is 5.28. The average molecular weight is 249 g/mol. The minimum absolute atomic E-state index is 0.264. The van der Waals surface area contributed by atoms with Crippen molar-refractivity contribution in [1.29, 1.82) is 0 Å². The predicted octanol–water partition coefficient (Wildman–Crippen LogP) is 2.39. The second-order valence-corrected chi connectivity index (χ2v) is 5.40. The lowest BCUT2D eigenvalue weighted by Gasteiger charge is -2.29. The molecule has 3 nitrogen and oxygen atoms in total. The quantitative estimate of drug-likeness (QED) is 0.768. The molecular formula is C15H23NO2. The molecule has 0 saturated heterocycles. The molecule has 0 heterocycles. The van der Waals surface area contributed by atoms with E-state index in [2.05, 4.69) is 5.32 Å². The van der Waals surface area contributed by atoms with Crippen molar-refractivity contribution in [3.8, 4) is 5.75 Å². The summed E-state index contributed by atoms with van der Waals surface area (Å²) in [5.74, 6) is 0.959. The third-order valence-electron chi connectivity index (χ3n) is 3.79. The van der Waals surface area contributed by atoms with E-state index in [1.54, 1.807) is 12.1 Å². The number of hydrogen-bond donors (Lipinski definition) is 3. The molecule has 0 bridgehead atoms. The van der Waals surface area contributed by atoms with Crippen molar-refractivity contribution < 1.29 is 10.2 Å². The van der Waals surface area contributed by atoms with E-state index in [1.807, 2.05) is 19.1 Å². The van der Waals surface area contributed by atoms with Gasteiger partial charge in [-0.3, -0.25) is 0 Å². The number of aliphatic hydroxyl groups excluding tert-OH is 1. The van der Waals surface area contributed by atoms with Gasteiger partial charge in [0.1, 0.15) is 5.75 Å². The molecule has 3 N–H and O–H groups in total. The van der Waals surface area contributed by atoms with Gasteiger partial charge in [0.05, 0.1) is 6.10 Å². The Morgan fingerprint density at radius 2 is 1.78 bits per heavy atom. The molecule has 0 radical (unpaired) electrons. The van der Waals surface area contributed by atoms with Gasteiger partial charge in [0.2, 0.25) is 0 Å². The largest absolute Gasteiger partial charge is 0.508 e. The first kappa shape index (κ1) is 13.4. The highest BCUT2D eigenvalue weighted by Crippen LogP contribution is 2.33. The van der Waals surface area contributed by atoms with Crippen molar-refractivity contribution in [2.75, 3.05) is 6.54 Å². The summed E-state index contributed by atoms with van der Waals surface area (Å²) in [7, 11) is 0. The van der Waals surface area contributed by atoms with Gasteiger partial charge in [0.25, 0.3) is 0 Å². The van der Waals surface area contributed by atoms with Crippen molar-refractivity contribution in [1.82, 2.24) is 5.32 Å². The summed E-state index contributed by atoms with van der Waals surface area (Å²) in [6, 6.07) is 8.15. The van der Waals surface area contributed by atoms with Gasteiger partial charge < -0.3 is 15.5 Å². The number of aliphatic hydroxyl groups is 1. The van der Waals surface area contributed by atoms with E-state index in [9.17, 15) is 10.2 Å². The molecule has 18 heavy (non-hydrogen) atoms. The van der Waals surface area contributed by atoms with Crippen LogP contribution in [0.5, 0.6) is 5.75 Å². The van der Waals surface area contributed by atoms with Gasteiger partial charge in [0.15, 0.2) is 0 Å². The summed E-state index contributed by atoms with van der Waals surface area (Å²) in [5.41, 5.74) is 1.33. The number of phenols is 1. The SMILES string of the molecule is CC(O)CNC1CCC(c2ccc(O)cc2)CC1. The molecule has 3 heteroatoms. The maximum absolute atomic E-state index is 9.29. The molecule has 0 amide bonds. The number of hydrogen-bond acceptors (Lipinski definition) is 3. The average Bonchev–Trinajstić information content (AvgIpc) is 2.38. The van der Waals surface area contributed by atoms with E-state index >= 15 is 0 Å². The van der Waals surface area contributed by atoms with Gasteiger partial charge in [-0.05, 0) is 56.2 Å². The van der Waals surface area contributed by atoms with Gasteiger partial charge in [-0.25, -0.2) is 0 Å². The normalized spacial score (nSPS) is 25.9. The fourth-order valence-electron chi connectivity index (χ4n) is 2.71. The molecule has 1 atom stereocenters. The van der Waals surface area contributed by atoms with Crippen LogP contribution in [0.25, 0.3) is 0 Å². The first-order chi connectivity index (χ1) is 8.65. The van der Waals surface area contributed by atoms with Crippen LogP contribution in [-0.2, 0) is 0 Å². The summed E-state index contributed by atoms with van der Waals surface area (Å²) in [6.07, 6.45) is 4.43. The number of rotatable bonds is 4. The molecule has 1 aliphatic carbocycles. The van der Waals surface area contributed by atoms with Gasteiger partial charge in [-0.2, -0.15) is 0 Å². The highest BCUT2D eigenvalue weighted by atomic mass is 16.3. The van der Waals surface area contributed by atoms with E-state index in [0.29, 0.717) is 24.3 Å². The first-order valence-electron chi connectivity index (χ1n) is 6.85. The lowest BCUT2D eigenvalue weighted by Crippen LogP contribution is -2.36. The molecule has 0 spiro atoms. The molecular weight excluding hydrogens is 226 g/mol. The monoisotopic (exact) mass is 249 g/mol. The lowest BCUT2D eigenvalue weighted by molar-refractivity contribution is 0.180. The number of phenolic OH excluding ortho intramolecular Hbond substituents is 1. The van der Waals surface area contributed by atoms with Crippen molar-refractivity contribution in [3.05, 3.63) is 29.8 Å². The Morgan fingerprint density at radius 1 is 1.17 bits per heavy atom. The highest BCUT2D eigenvalue weighted by Gasteiger charge is 2.22. The van der Waals surface area contributed by atoms with Gasteiger partial charge in [0, 0.05) is 12.6 Å². The van der Waals surface area contributed by atoms with Gasteiger partial charge in [-0.15, -0.1) is 0 Å². The number of aromatic hydroxyl groups is 1. The summed E-state index contributed by atoms with van der Waals surface area (Å²) >= 11 is 0. The molecule has 1 aromatic carbocycles. The maximum Gasteiger partial charge on any atom is 0.115 e. The van der Waals surface area contributed by atoms with Crippen molar-refractivity contribution in [2.24, 2.45) is 0 Å². The van der Waals surface area contributed by atoms with E-state index in [-0.39, 0.29) is 6.10 Å². The van der Waals surface area contributed by atoms with Crippen LogP contribution < -0.4 is 5.32 Å². The first-order valence-corrected chi connectivity index (χ1v) is 6.85. The van der Waals surface area contributed by atoms with Crippen molar-refractivity contribution in [3.63, 3.8) is 0 Å². The Kier molecular flexibility index (Phi) is 4.61. The van der Waals surface area contributed by atoms with Crippen molar-refractivity contribution >= 4 is 0 Å². The molecule has 1 fully saturated rings. The van der Waals surface area contributed by atoms with Gasteiger partial charge in [-0.1, -0.05) is 12.1 Å². The zero-order valence-electron chi connectivity index (χ0n) is 11.0. The second-order valence-electron chi connectivity index (χ2n) is 5.40. The van der Waals surface area contributed by atoms with Crippen LogP contribution in [-0.4, -0.2) is 28.9 Å². The minimum Gasteiger partial charge on any atom is -0.508 e. The Bertz CT molecular complexity index is 353. The molecule has 1 saturated carbocycles. The molecule has 1 aliphatic rings. The number of benzene rings is 1. The van der Waals surface area contributed by atoms with E-state index in [0.717, 1.165) is 12.8 Å². The van der Waals surface area contributed by atoms with Gasteiger partial charge >= 0.3 is 0 Å². The van der Waals surface area contributed by atoms with Crippen LogP contribution >= 0.6 is 0 Å². The predicted molar refractivity (Wildman–Crippen MR) is 72.8 cm³/mol. The Morgan fingerprint density at radius 3 is 2.33 bits per heavy atom. The molecule has 0 aromatic heterocycles. The zero-order chi connectivity index (χ0) is 13.0. The smallest absolute Gasteiger partial charge is 0.115 e. The van der Waals surface area contributed by atoms with Crippen LogP contribution in [0.15, 0.2) is 24.3 Å². The topological polar surface area (TPSA) is 52.5 Å². The van der Waals surface area contributed by atoms with E-state index < -0.39 is 0 Å². The van der Waals surface area contributed by atoms with E-state index in [1.165, 1.54) is 18.4 Å². The van der Waals surface area contributed by atoms with Crippen LogP contribution in [0, 0.1) is 0 Å². The number of nitrogens with one attached hydrogen (secondary N) is 1. The van der Waals surface area contributed by atoms with Crippen LogP contribution in [0.2, 0.25) is 0 Å². The lowest BCUT2D eigenvalue weighted by atomic mass is 9.82. The molecule has 100 valence electrons. The third-order valence-corrected chi connectivity index (χ3v) is 3.79. The van der Waals surface area contributed by atoms with Crippen molar-refractivity contribution in [2.45, 2.75) is 50.7 Å². The Labute approximate surface area is 109 Å². The van der Waals surface area contributed by atoms with Crippen LogP contribution in [0.4, 0.5) is 0 Å².